The summed E-state index contributed by atoms with van der Waals surface area (Å²) in [6, 6.07) is 15.1. The minimum Gasteiger partial charge on any atom is -0.497 e. The van der Waals surface area contributed by atoms with E-state index in [1.54, 1.807) is 20.2 Å². The highest BCUT2D eigenvalue weighted by atomic mass is 19.1. The first kappa shape index (κ1) is 20.1. The molecule has 28 heavy (non-hydrogen) atoms. The Morgan fingerprint density at radius 3 is 2.64 bits per heavy atom. The summed E-state index contributed by atoms with van der Waals surface area (Å²) >= 11 is 0. The van der Waals surface area contributed by atoms with Crippen LogP contribution < -0.4 is 15.4 Å². The number of halogens is 1. The van der Waals surface area contributed by atoms with Crippen molar-refractivity contribution in [3.05, 3.63) is 65.5 Å². The second-order valence-corrected chi connectivity index (χ2v) is 6.97. The molecular formula is C22H29FN4O. The molecule has 1 aliphatic rings. The fourth-order valence-corrected chi connectivity index (χ4v) is 3.61. The quantitative estimate of drug-likeness (QED) is 0.568. The van der Waals surface area contributed by atoms with Gasteiger partial charge < -0.3 is 15.4 Å². The minimum atomic E-state index is -0.227. The number of nitrogens with one attached hydrogen (secondary N) is 2. The number of likely N-dealkylation sites (tertiary alicyclic amines) is 1. The van der Waals surface area contributed by atoms with Crippen LogP contribution in [0.2, 0.25) is 0 Å². The molecule has 1 aliphatic heterocycles. The number of hydrogen-bond donors (Lipinski definition) is 2. The van der Waals surface area contributed by atoms with E-state index in [1.165, 1.54) is 30.5 Å². The van der Waals surface area contributed by atoms with Crippen LogP contribution in [0.5, 0.6) is 5.75 Å². The minimum absolute atomic E-state index is 0.227. The number of guanidine groups is 1. The van der Waals surface area contributed by atoms with Crippen LogP contribution in [0.3, 0.4) is 0 Å². The van der Waals surface area contributed by atoms with E-state index in [-0.39, 0.29) is 11.9 Å². The topological polar surface area (TPSA) is 48.9 Å². The van der Waals surface area contributed by atoms with E-state index in [4.69, 9.17) is 4.74 Å². The van der Waals surface area contributed by atoms with Crippen molar-refractivity contribution in [2.45, 2.75) is 25.4 Å². The molecular weight excluding hydrogens is 355 g/mol. The maximum Gasteiger partial charge on any atom is 0.191 e. The van der Waals surface area contributed by atoms with E-state index >= 15 is 0 Å². The van der Waals surface area contributed by atoms with Gasteiger partial charge in [-0.3, -0.25) is 9.89 Å². The van der Waals surface area contributed by atoms with Crippen LogP contribution >= 0.6 is 0 Å². The largest absolute Gasteiger partial charge is 0.497 e. The SMILES string of the molecule is CN=C(NCc1cccc(F)c1)NCC(c1cccc(OC)c1)N1CCCC1. The standard InChI is InChI=1S/C22H29FN4O/c1-24-22(25-15-17-7-5-9-19(23)13-17)26-16-21(27-11-3-4-12-27)18-8-6-10-20(14-18)28-2/h5-10,13-14,21H,3-4,11-12,15-16H2,1-2H3,(H2,24,25,26). The van der Waals surface area contributed by atoms with Gasteiger partial charge in [0, 0.05) is 20.1 Å². The molecule has 0 saturated carbocycles. The van der Waals surface area contributed by atoms with Gasteiger partial charge in [0.25, 0.3) is 0 Å². The second kappa shape index (κ2) is 10.1. The Labute approximate surface area is 166 Å². The fourth-order valence-electron chi connectivity index (χ4n) is 3.61. The summed E-state index contributed by atoms with van der Waals surface area (Å²) in [7, 11) is 3.44. The molecule has 0 bridgehead atoms. The molecule has 1 unspecified atom stereocenters. The number of aliphatic imine (C=N–C) groups is 1. The third kappa shape index (κ3) is 5.45. The lowest BCUT2D eigenvalue weighted by atomic mass is 10.1. The second-order valence-electron chi connectivity index (χ2n) is 6.97. The maximum atomic E-state index is 13.4. The Kier molecular flexibility index (Phi) is 7.25. The highest BCUT2D eigenvalue weighted by molar-refractivity contribution is 5.79. The molecule has 2 aromatic rings. The molecule has 1 fully saturated rings. The number of ether oxygens (including phenoxy) is 1. The first-order valence-electron chi connectivity index (χ1n) is 9.76. The highest BCUT2D eigenvalue weighted by Crippen LogP contribution is 2.27. The van der Waals surface area contributed by atoms with Gasteiger partial charge in [-0.15, -0.1) is 0 Å². The molecule has 1 atom stereocenters. The van der Waals surface area contributed by atoms with Crippen LogP contribution in [0.25, 0.3) is 0 Å². The normalized spacial score (nSPS) is 16.0. The van der Waals surface area contributed by atoms with E-state index in [0.717, 1.165) is 30.9 Å². The van der Waals surface area contributed by atoms with Crippen molar-refractivity contribution in [3.63, 3.8) is 0 Å². The maximum absolute atomic E-state index is 13.4. The highest BCUT2D eigenvalue weighted by Gasteiger charge is 2.24. The number of hydrogen-bond acceptors (Lipinski definition) is 3. The van der Waals surface area contributed by atoms with Gasteiger partial charge in [0.05, 0.1) is 13.2 Å². The predicted molar refractivity (Wildman–Crippen MR) is 111 cm³/mol. The molecule has 150 valence electrons. The summed E-state index contributed by atoms with van der Waals surface area (Å²) in [6.45, 7) is 3.44. The third-order valence-electron chi connectivity index (χ3n) is 5.10. The molecule has 1 heterocycles. The molecule has 2 N–H and O–H groups in total. The Morgan fingerprint density at radius 1 is 1.14 bits per heavy atom. The first-order chi connectivity index (χ1) is 13.7. The molecule has 6 heteroatoms. The zero-order valence-electron chi connectivity index (χ0n) is 16.6. The fraction of sp³-hybridized carbons (Fsp3) is 0.409. The Balaban J connectivity index is 1.64. The predicted octanol–water partition coefficient (Wildman–Crippen LogP) is 3.34. The lowest BCUT2D eigenvalue weighted by Crippen LogP contribution is -2.42. The van der Waals surface area contributed by atoms with Crippen LogP contribution in [0.4, 0.5) is 4.39 Å². The van der Waals surface area contributed by atoms with Crippen LogP contribution in [-0.2, 0) is 6.54 Å². The number of rotatable bonds is 7. The smallest absolute Gasteiger partial charge is 0.191 e. The number of nitrogens with zero attached hydrogens (tertiary/aromatic N) is 2. The Bertz CT molecular complexity index is 790. The average molecular weight is 384 g/mol. The number of methoxy groups -OCH3 is 1. The van der Waals surface area contributed by atoms with Crippen molar-refractivity contribution in [1.29, 1.82) is 0 Å². The Hall–Kier alpha value is -2.60. The molecule has 0 spiro atoms. The zero-order chi connectivity index (χ0) is 19.8. The monoisotopic (exact) mass is 384 g/mol. The zero-order valence-corrected chi connectivity index (χ0v) is 16.6. The van der Waals surface area contributed by atoms with Gasteiger partial charge in [-0.1, -0.05) is 24.3 Å². The van der Waals surface area contributed by atoms with Crippen molar-refractivity contribution in [3.8, 4) is 5.75 Å². The lowest BCUT2D eigenvalue weighted by molar-refractivity contribution is 0.245. The molecule has 2 aromatic carbocycles. The van der Waals surface area contributed by atoms with Crippen molar-refractivity contribution in [2.75, 3.05) is 33.8 Å². The van der Waals surface area contributed by atoms with Gasteiger partial charge >= 0.3 is 0 Å². The van der Waals surface area contributed by atoms with Gasteiger partial charge in [-0.05, 0) is 61.3 Å². The van der Waals surface area contributed by atoms with E-state index in [0.29, 0.717) is 12.5 Å². The van der Waals surface area contributed by atoms with Gasteiger partial charge in [-0.2, -0.15) is 0 Å². The molecule has 0 aliphatic carbocycles. The van der Waals surface area contributed by atoms with Crippen LogP contribution in [0, 0.1) is 5.82 Å². The Morgan fingerprint density at radius 2 is 1.93 bits per heavy atom. The van der Waals surface area contributed by atoms with E-state index < -0.39 is 0 Å². The molecule has 0 aromatic heterocycles. The van der Waals surface area contributed by atoms with Gasteiger partial charge in [0.1, 0.15) is 11.6 Å². The number of benzene rings is 2. The van der Waals surface area contributed by atoms with E-state index in [2.05, 4.69) is 32.7 Å². The van der Waals surface area contributed by atoms with Gasteiger partial charge in [0.15, 0.2) is 5.96 Å². The summed E-state index contributed by atoms with van der Waals surface area (Å²) in [5.41, 5.74) is 2.11. The summed E-state index contributed by atoms with van der Waals surface area (Å²) in [5.74, 6) is 1.35. The molecule has 0 amide bonds. The molecule has 0 radical (unpaired) electrons. The third-order valence-corrected chi connectivity index (χ3v) is 5.10. The van der Waals surface area contributed by atoms with Crippen LogP contribution in [0.15, 0.2) is 53.5 Å². The van der Waals surface area contributed by atoms with E-state index in [9.17, 15) is 4.39 Å². The summed E-state index contributed by atoms with van der Waals surface area (Å²) in [5, 5.41) is 6.69. The summed E-state index contributed by atoms with van der Waals surface area (Å²) < 4.78 is 18.8. The van der Waals surface area contributed by atoms with Crippen LogP contribution in [-0.4, -0.2) is 44.7 Å². The lowest BCUT2D eigenvalue weighted by Gasteiger charge is -2.29. The summed E-state index contributed by atoms with van der Waals surface area (Å²) in [4.78, 5) is 6.81. The molecule has 3 rings (SSSR count). The van der Waals surface area contributed by atoms with E-state index in [1.807, 2.05) is 18.2 Å². The summed E-state index contributed by atoms with van der Waals surface area (Å²) in [6.07, 6.45) is 2.46. The van der Waals surface area contributed by atoms with Gasteiger partial charge in [0.2, 0.25) is 0 Å². The first-order valence-corrected chi connectivity index (χ1v) is 9.76. The molecule has 5 nitrogen and oxygen atoms in total. The van der Waals surface area contributed by atoms with Crippen LogP contribution in [0.1, 0.15) is 30.0 Å². The van der Waals surface area contributed by atoms with Gasteiger partial charge in [-0.25, -0.2) is 4.39 Å². The average Bonchev–Trinajstić information content (AvgIpc) is 3.25. The molecule has 1 saturated heterocycles. The van der Waals surface area contributed by atoms with Crippen molar-refractivity contribution in [1.82, 2.24) is 15.5 Å². The van der Waals surface area contributed by atoms with Crippen molar-refractivity contribution < 1.29 is 9.13 Å². The van der Waals surface area contributed by atoms with Crippen molar-refractivity contribution in [2.24, 2.45) is 4.99 Å². The van der Waals surface area contributed by atoms with Crippen molar-refractivity contribution >= 4 is 5.96 Å².